The Balaban J connectivity index is 0.00000196. The highest BCUT2D eigenvalue weighted by Gasteiger charge is 2.30. The highest BCUT2D eigenvalue weighted by atomic mass is 35.5. The van der Waals surface area contributed by atoms with E-state index in [1.54, 1.807) is 0 Å². The molecule has 1 fully saturated rings. The topological polar surface area (TPSA) is 64.6 Å². The van der Waals surface area contributed by atoms with Crippen LogP contribution in [0.2, 0.25) is 0 Å². The summed E-state index contributed by atoms with van der Waals surface area (Å²) in [6.45, 7) is 0.479. The summed E-state index contributed by atoms with van der Waals surface area (Å²) in [7, 11) is 2.73. The summed E-state index contributed by atoms with van der Waals surface area (Å²) >= 11 is 0. The molecule has 1 aliphatic heterocycles. The van der Waals surface area contributed by atoms with E-state index < -0.39 is 0 Å². The fraction of sp³-hybridized carbons (Fsp3) is 0.778. The Labute approximate surface area is 94.9 Å². The lowest BCUT2D eigenvalue weighted by molar-refractivity contribution is -0.149. The molecule has 2 atom stereocenters. The second kappa shape index (κ2) is 6.63. The van der Waals surface area contributed by atoms with E-state index in [-0.39, 0.29) is 36.3 Å². The van der Waals surface area contributed by atoms with E-state index in [0.717, 1.165) is 0 Å². The van der Waals surface area contributed by atoms with Gasteiger partial charge >= 0.3 is 11.9 Å². The normalized spacial score (nSPS) is 24.9. The summed E-state index contributed by atoms with van der Waals surface area (Å²) in [4.78, 5) is 22.2. The van der Waals surface area contributed by atoms with E-state index in [0.29, 0.717) is 19.4 Å². The third-order valence-electron chi connectivity index (χ3n) is 2.43. The Hall–Kier alpha value is -0.810. The van der Waals surface area contributed by atoms with E-state index in [2.05, 4.69) is 14.8 Å². The molecule has 1 heterocycles. The minimum atomic E-state index is -0.277. The third kappa shape index (κ3) is 3.68. The Bertz CT molecular complexity index is 202. The van der Waals surface area contributed by atoms with Crippen molar-refractivity contribution in [2.45, 2.75) is 18.9 Å². The van der Waals surface area contributed by atoms with Crippen LogP contribution in [0.15, 0.2) is 0 Å². The van der Waals surface area contributed by atoms with Gasteiger partial charge in [-0.25, -0.2) is 0 Å². The Morgan fingerprint density at radius 1 is 1.13 bits per heavy atom. The summed E-state index contributed by atoms with van der Waals surface area (Å²) in [6, 6.07) is -0.277. The lowest BCUT2D eigenvalue weighted by Gasteiger charge is -2.26. The first-order valence-corrected chi connectivity index (χ1v) is 4.58. The van der Waals surface area contributed by atoms with Gasteiger partial charge in [-0.1, -0.05) is 0 Å². The number of carbonyl (C=O) groups is 2. The van der Waals surface area contributed by atoms with Gasteiger partial charge in [-0.15, -0.1) is 12.4 Å². The molecule has 1 aliphatic rings. The maximum absolute atomic E-state index is 11.1. The first kappa shape index (κ1) is 14.2. The maximum Gasteiger partial charge on any atom is 0.322 e. The zero-order valence-corrected chi connectivity index (χ0v) is 9.63. The standard InChI is InChI=1S/C9H15NO4.ClH/c1-13-8(11)6-3-4-7(10-5-6)9(12)14-2;/h6-7,10H,3-5H2,1-2H3;1H/t6-,7+;/m1./s1. The van der Waals surface area contributed by atoms with Crippen molar-refractivity contribution < 1.29 is 19.1 Å². The molecule has 0 radical (unpaired) electrons. The number of piperidine rings is 1. The molecular formula is C9H16ClNO4. The number of methoxy groups -OCH3 is 2. The molecule has 88 valence electrons. The third-order valence-corrected chi connectivity index (χ3v) is 2.43. The van der Waals surface area contributed by atoms with Crippen LogP contribution >= 0.6 is 12.4 Å². The predicted octanol–water partition coefficient (Wildman–Crippen LogP) is 0.122. The maximum atomic E-state index is 11.1. The molecule has 0 aromatic heterocycles. The molecule has 0 bridgehead atoms. The van der Waals surface area contributed by atoms with Gasteiger partial charge in [0.05, 0.1) is 20.1 Å². The van der Waals surface area contributed by atoms with Crippen LogP contribution in [0.25, 0.3) is 0 Å². The summed E-state index contributed by atoms with van der Waals surface area (Å²) in [5.41, 5.74) is 0. The highest BCUT2D eigenvalue weighted by Crippen LogP contribution is 2.16. The van der Waals surface area contributed by atoms with Crippen molar-refractivity contribution in [3.8, 4) is 0 Å². The molecule has 0 aliphatic carbocycles. The number of rotatable bonds is 2. The molecule has 0 spiro atoms. The molecule has 0 saturated carbocycles. The lowest BCUT2D eigenvalue weighted by atomic mass is 9.95. The van der Waals surface area contributed by atoms with Crippen molar-refractivity contribution in [3.05, 3.63) is 0 Å². The van der Waals surface area contributed by atoms with Crippen molar-refractivity contribution >= 4 is 24.3 Å². The molecule has 0 unspecified atom stereocenters. The molecule has 0 aromatic rings. The van der Waals surface area contributed by atoms with E-state index in [4.69, 9.17) is 0 Å². The number of hydrogen-bond donors (Lipinski definition) is 1. The molecule has 15 heavy (non-hydrogen) atoms. The minimum Gasteiger partial charge on any atom is -0.469 e. The van der Waals surface area contributed by atoms with Crippen LogP contribution in [-0.2, 0) is 19.1 Å². The van der Waals surface area contributed by atoms with Crippen molar-refractivity contribution in [2.24, 2.45) is 5.92 Å². The Morgan fingerprint density at radius 2 is 1.73 bits per heavy atom. The lowest BCUT2D eigenvalue weighted by Crippen LogP contribution is -2.46. The number of carbonyl (C=O) groups excluding carboxylic acids is 2. The summed E-state index contributed by atoms with van der Waals surface area (Å²) in [5, 5.41) is 2.96. The van der Waals surface area contributed by atoms with E-state index in [1.165, 1.54) is 14.2 Å². The molecule has 0 amide bonds. The SMILES string of the molecule is COC(=O)[C@@H]1CC[C@@H](C(=O)OC)NC1.Cl. The second-order valence-corrected chi connectivity index (χ2v) is 3.28. The fourth-order valence-corrected chi connectivity index (χ4v) is 1.57. The Morgan fingerprint density at radius 3 is 2.13 bits per heavy atom. The number of nitrogens with one attached hydrogen (secondary N) is 1. The highest BCUT2D eigenvalue weighted by molar-refractivity contribution is 5.85. The largest absolute Gasteiger partial charge is 0.469 e. The average Bonchev–Trinajstić information content (AvgIpc) is 2.27. The van der Waals surface area contributed by atoms with E-state index >= 15 is 0 Å². The van der Waals surface area contributed by atoms with Gasteiger partial charge in [0.15, 0.2) is 0 Å². The molecule has 1 rings (SSSR count). The Kier molecular flexibility index (Phi) is 6.27. The van der Waals surface area contributed by atoms with Gasteiger partial charge < -0.3 is 14.8 Å². The number of hydrogen-bond acceptors (Lipinski definition) is 5. The van der Waals surface area contributed by atoms with Gasteiger partial charge in [0, 0.05) is 6.54 Å². The molecule has 1 N–H and O–H groups in total. The fourth-order valence-electron chi connectivity index (χ4n) is 1.57. The summed E-state index contributed by atoms with van der Waals surface area (Å²) < 4.78 is 9.21. The monoisotopic (exact) mass is 237 g/mol. The van der Waals surface area contributed by atoms with Crippen LogP contribution in [0.4, 0.5) is 0 Å². The van der Waals surface area contributed by atoms with Crippen molar-refractivity contribution in [2.75, 3.05) is 20.8 Å². The first-order valence-electron chi connectivity index (χ1n) is 4.58. The van der Waals surface area contributed by atoms with E-state index in [9.17, 15) is 9.59 Å². The van der Waals surface area contributed by atoms with Gasteiger partial charge in [0.2, 0.25) is 0 Å². The number of esters is 2. The average molecular weight is 238 g/mol. The van der Waals surface area contributed by atoms with Crippen LogP contribution in [0.1, 0.15) is 12.8 Å². The second-order valence-electron chi connectivity index (χ2n) is 3.28. The first-order chi connectivity index (χ1) is 6.69. The van der Waals surface area contributed by atoms with Gasteiger partial charge in [0.1, 0.15) is 6.04 Å². The minimum absolute atomic E-state index is 0. The van der Waals surface area contributed by atoms with Crippen LogP contribution in [-0.4, -0.2) is 38.7 Å². The van der Waals surface area contributed by atoms with Crippen LogP contribution < -0.4 is 5.32 Å². The van der Waals surface area contributed by atoms with Gasteiger partial charge in [-0.2, -0.15) is 0 Å². The number of halogens is 1. The summed E-state index contributed by atoms with van der Waals surface area (Å²) in [5.74, 6) is -0.630. The van der Waals surface area contributed by atoms with Crippen LogP contribution in [0.3, 0.4) is 0 Å². The molecular weight excluding hydrogens is 222 g/mol. The van der Waals surface area contributed by atoms with Crippen LogP contribution in [0, 0.1) is 5.92 Å². The van der Waals surface area contributed by atoms with Gasteiger partial charge in [-0.05, 0) is 12.8 Å². The van der Waals surface area contributed by atoms with Crippen molar-refractivity contribution in [1.29, 1.82) is 0 Å². The van der Waals surface area contributed by atoms with Gasteiger partial charge in [-0.3, -0.25) is 9.59 Å². The predicted molar refractivity (Wildman–Crippen MR) is 55.8 cm³/mol. The molecule has 5 nitrogen and oxygen atoms in total. The van der Waals surface area contributed by atoms with Crippen LogP contribution in [0.5, 0.6) is 0 Å². The zero-order valence-electron chi connectivity index (χ0n) is 8.82. The quantitative estimate of drug-likeness (QED) is 0.692. The zero-order chi connectivity index (χ0) is 10.6. The molecule has 0 aromatic carbocycles. The number of ether oxygens (including phenoxy) is 2. The van der Waals surface area contributed by atoms with Crippen molar-refractivity contribution in [1.82, 2.24) is 5.32 Å². The van der Waals surface area contributed by atoms with Crippen molar-refractivity contribution in [3.63, 3.8) is 0 Å². The van der Waals surface area contributed by atoms with E-state index in [1.807, 2.05) is 0 Å². The van der Waals surface area contributed by atoms with Gasteiger partial charge in [0.25, 0.3) is 0 Å². The molecule has 6 heteroatoms. The summed E-state index contributed by atoms with van der Waals surface area (Å²) in [6.07, 6.45) is 1.28. The smallest absolute Gasteiger partial charge is 0.322 e. The molecule has 1 saturated heterocycles.